The third kappa shape index (κ3) is 12.4. The second-order valence-electron chi connectivity index (χ2n) is 7.27. The highest BCUT2D eigenvalue weighted by Crippen LogP contribution is 2.05. The van der Waals surface area contributed by atoms with Gasteiger partial charge in [-0.2, -0.15) is 0 Å². The van der Waals surface area contributed by atoms with E-state index in [1.165, 1.54) is 0 Å². The lowest BCUT2D eigenvalue weighted by atomic mass is 10.0. The van der Waals surface area contributed by atoms with Gasteiger partial charge in [0.2, 0.25) is 29.5 Å². The Kier molecular flexibility index (Phi) is 13.9. The lowest BCUT2D eigenvalue weighted by Crippen LogP contribution is -2.57. The molecule has 0 fully saturated rings. The molecule has 0 aliphatic heterocycles. The number of aliphatic carboxylic acids is 1. The number of aliphatic hydroxyl groups excluding tert-OH is 1. The van der Waals surface area contributed by atoms with E-state index < -0.39 is 72.7 Å². The molecule has 0 aromatic carbocycles. The largest absolute Gasteiger partial charge is 0.480 e. The Bertz CT molecular complexity index is 718. The standard InChI is InChI=1S/C18H33N7O8/c19-6-2-1-3-10(23-15(29)9(20)7-14(22)28)16(30)24-11(4-5-13(21)27)17(31)25-12(8-26)18(32)33/h9-12,26H,1-8,19-20H2,(H2,21,27)(H2,22,28)(H,23,29)(H,24,30)(H,25,31)(H,32,33). The zero-order valence-corrected chi connectivity index (χ0v) is 18.1. The average Bonchev–Trinajstić information content (AvgIpc) is 2.72. The molecule has 15 nitrogen and oxygen atoms in total. The molecule has 0 saturated heterocycles. The van der Waals surface area contributed by atoms with Gasteiger partial charge in [0.05, 0.1) is 19.1 Å². The van der Waals surface area contributed by atoms with Crippen LogP contribution in [0.4, 0.5) is 0 Å². The van der Waals surface area contributed by atoms with E-state index in [0.717, 1.165) is 0 Å². The van der Waals surface area contributed by atoms with Crippen LogP contribution in [-0.4, -0.2) is 83.0 Å². The Morgan fingerprint density at radius 1 is 0.758 bits per heavy atom. The van der Waals surface area contributed by atoms with Crippen molar-refractivity contribution in [2.24, 2.45) is 22.9 Å². The Balaban J connectivity index is 5.49. The number of carbonyl (C=O) groups excluding carboxylic acids is 5. The van der Waals surface area contributed by atoms with E-state index in [1.54, 1.807) is 0 Å². The first kappa shape index (κ1) is 29.7. The van der Waals surface area contributed by atoms with Gasteiger partial charge in [0, 0.05) is 6.42 Å². The van der Waals surface area contributed by atoms with Crippen LogP contribution in [0.1, 0.15) is 38.5 Å². The molecule has 0 rings (SSSR count). The van der Waals surface area contributed by atoms with E-state index in [1.807, 2.05) is 5.32 Å². The summed E-state index contributed by atoms with van der Waals surface area (Å²) in [7, 11) is 0. The Morgan fingerprint density at radius 3 is 1.73 bits per heavy atom. The molecule has 0 aliphatic rings. The van der Waals surface area contributed by atoms with Crippen molar-refractivity contribution in [1.29, 1.82) is 0 Å². The van der Waals surface area contributed by atoms with Gasteiger partial charge in [-0.1, -0.05) is 0 Å². The molecule has 0 bridgehead atoms. The molecule has 0 spiro atoms. The average molecular weight is 476 g/mol. The van der Waals surface area contributed by atoms with Gasteiger partial charge < -0.3 is 49.1 Å². The second kappa shape index (κ2) is 15.5. The summed E-state index contributed by atoms with van der Waals surface area (Å²) in [4.78, 5) is 70.7. The van der Waals surface area contributed by atoms with Gasteiger partial charge in [-0.25, -0.2) is 4.79 Å². The molecule has 0 heterocycles. The van der Waals surface area contributed by atoms with Gasteiger partial charge in [-0.15, -0.1) is 0 Å². The fourth-order valence-corrected chi connectivity index (χ4v) is 2.64. The molecule has 0 aliphatic carbocycles. The first-order valence-corrected chi connectivity index (χ1v) is 10.2. The summed E-state index contributed by atoms with van der Waals surface area (Å²) in [5.41, 5.74) is 21.1. The molecule has 33 heavy (non-hydrogen) atoms. The minimum absolute atomic E-state index is 0.108. The monoisotopic (exact) mass is 475 g/mol. The molecule has 4 atom stereocenters. The summed E-state index contributed by atoms with van der Waals surface area (Å²) in [6, 6.07) is -5.52. The maximum absolute atomic E-state index is 12.8. The van der Waals surface area contributed by atoms with Crippen LogP contribution >= 0.6 is 0 Å². The highest BCUT2D eigenvalue weighted by atomic mass is 16.4. The molecule has 0 aromatic rings. The van der Waals surface area contributed by atoms with Gasteiger partial charge in [0.1, 0.15) is 18.1 Å². The van der Waals surface area contributed by atoms with Crippen LogP contribution in [0.3, 0.4) is 0 Å². The minimum Gasteiger partial charge on any atom is -0.480 e. The number of nitrogens with one attached hydrogen (secondary N) is 3. The smallest absolute Gasteiger partial charge is 0.328 e. The number of carboxylic acid groups (broad SMARTS) is 1. The van der Waals surface area contributed by atoms with Crippen LogP contribution in [0.15, 0.2) is 0 Å². The number of amides is 5. The number of carbonyl (C=O) groups is 6. The van der Waals surface area contributed by atoms with E-state index in [2.05, 4.69) is 10.6 Å². The summed E-state index contributed by atoms with van der Waals surface area (Å²) in [5, 5.41) is 24.8. The van der Waals surface area contributed by atoms with Crippen LogP contribution in [0.5, 0.6) is 0 Å². The van der Waals surface area contributed by atoms with Crippen LogP contribution < -0.4 is 38.9 Å². The first-order valence-electron chi connectivity index (χ1n) is 10.2. The first-order chi connectivity index (χ1) is 15.4. The van der Waals surface area contributed by atoms with Gasteiger partial charge in [-0.3, -0.25) is 24.0 Å². The highest BCUT2D eigenvalue weighted by molar-refractivity contribution is 5.95. The summed E-state index contributed by atoms with van der Waals surface area (Å²) in [6.07, 6.45) is 0.0122. The predicted molar refractivity (Wildman–Crippen MR) is 114 cm³/mol. The lowest BCUT2D eigenvalue weighted by Gasteiger charge is -2.24. The number of carboxylic acids is 1. The molecule has 5 amide bonds. The Labute approximate surface area is 190 Å². The predicted octanol–water partition coefficient (Wildman–Crippen LogP) is -4.89. The molecule has 15 heteroatoms. The number of primary amides is 2. The summed E-state index contributed by atoms with van der Waals surface area (Å²) >= 11 is 0. The van der Waals surface area contributed by atoms with E-state index in [9.17, 15) is 28.8 Å². The van der Waals surface area contributed by atoms with Crippen LogP contribution in [0.2, 0.25) is 0 Å². The number of rotatable bonds is 17. The number of nitrogens with two attached hydrogens (primary N) is 4. The second-order valence-corrected chi connectivity index (χ2v) is 7.27. The summed E-state index contributed by atoms with van der Waals surface area (Å²) in [5.74, 6) is -5.74. The van der Waals surface area contributed by atoms with Gasteiger partial charge >= 0.3 is 5.97 Å². The van der Waals surface area contributed by atoms with Gasteiger partial charge in [0.25, 0.3) is 0 Å². The topological polar surface area (TPSA) is 283 Å². The summed E-state index contributed by atoms with van der Waals surface area (Å²) < 4.78 is 0. The van der Waals surface area contributed by atoms with Crippen molar-refractivity contribution in [1.82, 2.24) is 16.0 Å². The van der Waals surface area contributed by atoms with Crippen molar-refractivity contribution in [2.75, 3.05) is 13.2 Å². The van der Waals surface area contributed by atoms with Crippen molar-refractivity contribution in [2.45, 2.75) is 62.7 Å². The van der Waals surface area contributed by atoms with Crippen molar-refractivity contribution in [3.8, 4) is 0 Å². The van der Waals surface area contributed by atoms with Crippen LogP contribution in [0, 0.1) is 0 Å². The Hall–Kier alpha value is -3.30. The van der Waals surface area contributed by atoms with Crippen molar-refractivity contribution >= 4 is 35.5 Å². The third-order valence-electron chi connectivity index (χ3n) is 4.45. The molecular weight excluding hydrogens is 442 g/mol. The minimum atomic E-state index is -1.64. The number of hydrogen-bond donors (Lipinski definition) is 9. The fraction of sp³-hybridized carbons (Fsp3) is 0.667. The van der Waals surface area contributed by atoms with Gasteiger partial charge in [0.15, 0.2) is 0 Å². The van der Waals surface area contributed by atoms with Crippen molar-refractivity contribution in [3.05, 3.63) is 0 Å². The maximum atomic E-state index is 12.8. The van der Waals surface area contributed by atoms with E-state index in [0.29, 0.717) is 19.4 Å². The fourth-order valence-electron chi connectivity index (χ4n) is 2.64. The molecule has 0 radical (unpaired) electrons. The van der Waals surface area contributed by atoms with Crippen molar-refractivity contribution in [3.63, 3.8) is 0 Å². The normalized spacial score (nSPS) is 14.3. The van der Waals surface area contributed by atoms with E-state index >= 15 is 0 Å². The van der Waals surface area contributed by atoms with Crippen LogP contribution in [0.25, 0.3) is 0 Å². The third-order valence-corrected chi connectivity index (χ3v) is 4.45. The molecule has 13 N–H and O–H groups in total. The lowest BCUT2D eigenvalue weighted by molar-refractivity contribution is -0.143. The number of hydrogen-bond acceptors (Lipinski definition) is 9. The molecule has 0 saturated carbocycles. The number of aliphatic hydroxyl groups is 1. The molecule has 4 unspecified atom stereocenters. The van der Waals surface area contributed by atoms with Crippen molar-refractivity contribution < 1.29 is 39.0 Å². The molecule has 0 aromatic heterocycles. The SMILES string of the molecule is NCCCCC(NC(=O)C(N)CC(N)=O)C(=O)NC(CCC(N)=O)C(=O)NC(CO)C(=O)O. The van der Waals surface area contributed by atoms with E-state index in [4.69, 9.17) is 33.1 Å². The van der Waals surface area contributed by atoms with E-state index in [-0.39, 0.29) is 19.3 Å². The molecular formula is C18H33N7O8. The molecule has 188 valence electrons. The zero-order chi connectivity index (χ0) is 25.6. The number of unbranched alkanes of at least 4 members (excludes halogenated alkanes) is 1. The quantitative estimate of drug-likeness (QED) is 0.0903. The van der Waals surface area contributed by atoms with Crippen LogP contribution in [-0.2, 0) is 28.8 Å². The van der Waals surface area contributed by atoms with Gasteiger partial charge in [-0.05, 0) is 32.2 Å². The summed E-state index contributed by atoms with van der Waals surface area (Å²) in [6.45, 7) is -0.585. The Morgan fingerprint density at radius 2 is 1.27 bits per heavy atom. The zero-order valence-electron chi connectivity index (χ0n) is 18.1. The maximum Gasteiger partial charge on any atom is 0.328 e. The highest BCUT2D eigenvalue weighted by Gasteiger charge is 2.30.